The molecule has 1 aliphatic heterocycles. The zero-order valence-electron chi connectivity index (χ0n) is 15.0. The largest absolute Gasteiger partial charge is 0.342 e. The van der Waals surface area contributed by atoms with Crippen LogP contribution in [-0.4, -0.2) is 43.8 Å². The smallest absolute Gasteiger partial charge is 0.228 e. The maximum atomic E-state index is 12.6. The Labute approximate surface area is 158 Å². The molecule has 0 aliphatic carbocycles. The van der Waals surface area contributed by atoms with Crippen molar-refractivity contribution < 1.29 is 4.79 Å². The van der Waals surface area contributed by atoms with Gasteiger partial charge >= 0.3 is 0 Å². The maximum Gasteiger partial charge on any atom is 0.228 e. The van der Waals surface area contributed by atoms with Crippen molar-refractivity contribution in [2.45, 2.75) is 25.2 Å². The first kappa shape index (κ1) is 17.3. The second-order valence-corrected chi connectivity index (χ2v) is 6.71. The van der Waals surface area contributed by atoms with Gasteiger partial charge in [0.25, 0.3) is 0 Å². The van der Waals surface area contributed by atoms with E-state index < -0.39 is 0 Å². The fourth-order valence-electron chi connectivity index (χ4n) is 3.59. The van der Waals surface area contributed by atoms with Gasteiger partial charge in [0.05, 0.1) is 12.1 Å². The standard InChI is InChI=1S/C21H21N5O/c27-20(13-18-3-1-2-8-24-18)26-11-6-17(7-12-26)21-19(14-23-15-25-21)16-4-9-22-10-5-16/h1-5,8-10,14-15,17H,6-7,11-13H2. The van der Waals surface area contributed by atoms with E-state index in [2.05, 4.69) is 19.9 Å². The number of likely N-dealkylation sites (tertiary alicyclic amines) is 1. The molecule has 1 saturated heterocycles. The Balaban J connectivity index is 1.44. The van der Waals surface area contributed by atoms with Gasteiger partial charge in [-0.2, -0.15) is 0 Å². The van der Waals surface area contributed by atoms with Gasteiger partial charge in [-0.1, -0.05) is 6.07 Å². The summed E-state index contributed by atoms with van der Waals surface area (Å²) in [6.45, 7) is 1.49. The van der Waals surface area contributed by atoms with Crippen LogP contribution in [0, 0.1) is 0 Å². The molecule has 27 heavy (non-hydrogen) atoms. The van der Waals surface area contributed by atoms with Gasteiger partial charge < -0.3 is 4.90 Å². The quantitative estimate of drug-likeness (QED) is 0.716. The third-order valence-corrected chi connectivity index (χ3v) is 5.03. The molecule has 4 heterocycles. The molecule has 6 nitrogen and oxygen atoms in total. The van der Waals surface area contributed by atoms with Crippen molar-refractivity contribution in [3.63, 3.8) is 0 Å². The van der Waals surface area contributed by atoms with Crippen LogP contribution in [0.15, 0.2) is 61.4 Å². The summed E-state index contributed by atoms with van der Waals surface area (Å²) in [7, 11) is 0. The number of carbonyl (C=O) groups is 1. The van der Waals surface area contributed by atoms with Crippen LogP contribution in [0.4, 0.5) is 0 Å². The summed E-state index contributed by atoms with van der Waals surface area (Å²) in [5.74, 6) is 0.472. The van der Waals surface area contributed by atoms with Gasteiger partial charge in [0.15, 0.2) is 0 Å². The van der Waals surface area contributed by atoms with Crippen LogP contribution >= 0.6 is 0 Å². The van der Waals surface area contributed by atoms with Crippen LogP contribution in [0.25, 0.3) is 11.1 Å². The minimum atomic E-state index is 0.143. The number of nitrogens with zero attached hydrogens (tertiary/aromatic N) is 5. The first-order chi connectivity index (χ1) is 13.3. The normalized spacial score (nSPS) is 14.9. The van der Waals surface area contributed by atoms with Crippen LogP contribution < -0.4 is 0 Å². The Morgan fingerprint density at radius 1 is 1.00 bits per heavy atom. The highest BCUT2D eigenvalue weighted by atomic mass is 16.2. The number of piperidine rings is 1. The third kappa shape index (κ3) is 4.00. The number of aromatic nitrogens is 4. The average molecular weight is 359 g/mol. The van der Waals surface area contributed by atoms with E-state index in [4.69, 9.17) is 0 Å². The monoisotopic (exact) mass is 359 g/mol. The molecule has 0 atom stereocenters. The minimum Gasteiger partial charge on any atom is -0.342 e. The van der Waals surface area contributed by atoms with Crippen molar-refractivity contribution in [2.75, 3.05) is 13.1 Å². The fraction of sp³-hybridized carbons (Fsp3) is 0.286. The summed E-state index contributed by atoms with van der Waals surface area (Å²) in [6.07, 6.45) is 10.9. The summed E-state index contributed by atoms with van der Waals surface area (Å²) in [6, 6.07) is 9.63. The summed E-state index contributed by atoms with van der Waals surface area (Å²) in [5, 5.41) is 0. The molecule has 4 rings (SSSR count). The molecule has 0 bridgehead atoms. The SMILES string of the molecule is O=C(Cc1ccccn1)N1CCC(c2ncncc2-c2ccncc2)CC1. The first-order valence-electron chi connectivity index (χ1n) is 9.19. The minimum absolute atomic E-state index is 0.143. The van der Waals surface area contributed by atoms with Gasteiger partial charge in [-0.3, -0.25) is 14.8 Å². The molecule has 0 N–H and O–H groups in total. The number of hydrogen-bond donors (Lipinski definition) is 0. The van der Waals surface area contributed by atoms with Crippen LogP contribution in [0.3, 0.4) is 0 Å². The molecule has 1 amide bonds. The second-order valence-electron chi connectivity index (χ2n) is 6.71. The molecule has 6 heteroatoms. The molecule has 1 fully saturated rings. The van der Waals surface area contributed by atoms with E-state index in [0.29, 0.717) is 12.3 Å². The molecule has 3 aromatic heterocycles. The molecule has 0 unspecified atom stereocenters. The summed E-state index contributed by atoms with van der Waals surface area (Å²) in [4.78, 5) is 31.6. The van der Waals surface area contributed by atoms with E-state index >= 15 is 0 Å². The van der Waals surface area contributed by atoms with E-state index in [0.717, 1.165) is 48.4 Å². The number of pyridine rings is 2. The van der Waals surface area contributed by atoms with E-state index in [-0.39, 0.29) is 5.91 Å². The number of rotatable bonds is 4. The van der Waals surface area contributed by atoms with Crippen molar-refractivity contribution in [1.29, 1.82) is 0 Å². The van der Waals surface area contributed by atoms with Crippen LogP contribution in [0.2, 0.25) is 0 Å². The van der Waals surface area contributed by atoms with Gasteiger partial charge in [-0.25, -0.2) is 9.97 Å². The molecule has 0 saturated carbocycles. The molecule has 3 aromatic rings. The molecule has 136 valence electrons. The Bertz CT molecular complexity index is 893. The number of hydrogen-bond acceptors (Lipinski definition) is 5. The first-order valence-corrected chi connectivity index (χ1v) is 9.19. The van der Waals surface area contributed by atoms with Crippen molar-refractivity contribution in [1.82, 2.24) is 24.8 Å². The maximum absolute atomic E-state index is 12.6. The van der Waals surface area contributed by atoms with Gasteiger partial charge in [-0.15, -0.1) is 0 Å². The lowest BCUT2D eigenvalue weighted by Crippen LogP contribution is -2.39. The Morgan fingerprint density at radius 2 is 1.81 bits per heavy atom. The van der Waals surface area contributed by atoms with Crippen LogP contribution in [-0.2, 0) is 11.2 Å². The highest BCUT2D eigenvalue weighted by Gasteiger charge is 2.26. The van der Waals surface area contributed by atoms with Crippen molar-refractivity contribution >= 4 is 5.91 Å². The van der Waals surface area contributed by atoms with Gasteiger partial charge in [0.2, 0.25) is 5.91 Å². The lowest BCUT2D eigenvalue weighted by Gasteiger charge is -2.32. The number of amides is 1. The fourth-order valence-corrected chi connectivity index (χ4v) is 3.59. The van der Waals surface area contributed by atoms with E-state index in [1.165, 1.54) is 0 Å². The van der Waals surface area contributed by atoms with Crippen molar-refractivity contribution in [2.24, 2.45) is 0 Å². The lowest BCUT2D eigenvalue weighted by molar-refractivity contribution is -0.131. The zero-order chi connectivity index (χ0) is 18.5. The van der Waals surface area contributed by atoms with Crippen molar-refractivity contribution in [3.8, 4) is 11.1 Å². The highest BCUT2D eigenvalue weighted by molar-refractivity contribution is 5.78. The third-order valence-electron chi connectivity index (χ3n) is 5.03. The molecular formula is C21H21N5O. The number of carbonyl (C=O) groups excluding carboxylic acids is 1. The van der Waals surface area contributed by atoms with Crippen LogP contribution in [0.5, 0.6) is 0 Å². The zero-order valence-corrected chi connectivity index (χ0v) is 15.0. The molecule has 0 spiro atoms. The predicted molar refractivity (Wildman–Crippen MR) is 102 cm³/mol. The Morgan fingerprint density at radius 3 is 2.56 bits per heavy atom. The lowest BCUT2D eigenvalue weighted by atomic mass is 9.89. The predicted octanol–water partition coefficient (Wildman–Crippen LogP) is 2.88. The Kier molecular flexibility index (Phi) is 5.14. The van der Waals surface area contributed by atoms with E-state index in [9.17, 15) is 4.79 Å². The molecule has 0 radical (unpaired) electrons. The van der Waals surface area contributed by atoms with Gasteiger partial charge in [-0.05, 0) is 42.7 Å². The van der Waals surface area contributed by atoms with Gasteiger partial charge in [0, 0.05) is 55.1 Å². The molecule has 0 aromatic carbocycles. The highest BCUT2D eigenvalue weighted by Crippen LogP contribution is 2.33. The van der Waals surface area contributed by atoms with E-state index in [1.807, 2.05) is 41.4 Å². The second kappa shape index (κ2) is 8.03. The Hall–Kier alpha value is -3.15. The van der Waals surface area contributed by atoms with E-state index in [1.54, 1.807) is 24.9 Å². The van der Waals surface area contributed by atoms with Crippen LogP contribution in [0.1, 0.15) is 30.1 Å². The topological polar surface area (TPSA) is 71.9 Å². The summed E-state index contributed by atoms with van der Waals surface area (Å²) >= 11 is 0. The molecule has 1 aliphatic rings. The molecular weight excluding hydrogens is 338 g/mol. The van der Waals surface area contributed by atoms with Gasteiger partial charge in [0.1, 0.15) is 6.33 Å². The summed E-state index contributed by atoms with van der Waals surface area (Å²) < 4.78 is 0. The average Bonchev–Trinajstić information content (AvgIpc) is 2.75. The summed E-state index contributed by atoms with van der Waals surface area (Å²) in [5.41, 5.74) is 4.01. The van der Waals surface area contributed by atoms with Crippen molar-refractivity contribution in [3.05, 3.63) is 72.8 Å².